The molecule has 1 aromatic carbocycles. The quantitative estimate of drug-likeness (QED) is 0.831. The smallest absolute Gasteiger partial charge is 0.123 e. The first kappa shape index (κ1) is 13.8. The van der Waals surface area contributed by atoms with Gasteiger partial charge in [-0.2, -0.15) is 0 Å². The highest BCUT2D eigenvalue weighted by Crippen LogP contribution is 2.29. The normalized spacial score (nSPS) is 18.9. The van der Waals surface area contributed by atoms with Gasteiger partial charge in [0.05, 0.1) is 5.60 Å². The number of likely N-dealkylation sites (tertiary alicyclic amines) is 1. The van der Waals surface area contributed by atoms with Gasteiger partial charge in [-0.15, -0.1) is 11.8 Å². The maximum atomic E-state index is 12.7. The summed E-state index contributed by atoms with van der Waals surface area (Å²) in [5.41, 5.74) is -0.486. The fourth-order valence-electron chi connectivity index (χ4n) is 2.07. The molecule has 1 aromatic rings. The van der Waals surface area contributed by atoms with Crippen LogP contribution < -0.4 is 0 Å². The van der Waals surface area contributed by atoms with Crippen molar-refractivity contribution in [2.75, 3.05) is 25.4 Å². The van der Waals surface area contributed by atoms with E-state index in [4.69, 9.17) is 0 Å². The van der Waals surface area contributed by atoms with Crippen molar-refractivity contribution in [3.8, 4) is 0 Å². The molecule has 0 amide bonds. The van der Waals surface area contributed by atoms with Crippen molar-refractivity contribution in [3.05, 3.63) is 30.1 Å². The minimum absolute atomic E-state index is 0.191. The minimum Gasteiger partial charge on any atom is -0.387 e. The van der Waals surface area contributed by atoms with E-state index < -0.39 is 5.60 Å². The third kappa shape index (κ3) is 3.25. The molecule has 0 unspecified atom stereocenters. The Morgan fingerprint density at radius 3 is 2.50 bits per heavy atom. The van der Waals surface area contributed by atoms with Gasteiger partial charge in [0.2, 0.25) is 0 Å². The van der Waals surface area contributed by atoms with Gasteiger partial charge >= 0.3 is 0 Å². The van der Waals surface area contributed by atoms with E-state index in [2.05, 4.69) is 18.7 Å². The fraction of sp³-hybridized carbons (Fsp3) is 0.571. The van der Waals surface area contributed by atoms with E-state index in [1.54, 1.807) is 23.9 Å². The zero-order chi connectivity index (χ0) is 13.2. The number of nitrogens with zero attached hydrogens (tertiary/aromatic N) is 1. The van der Waals surface area contributed by atoms with Crippen LogP contribution in [0.5, 0.6) is 0 Å². The Kier molecular flexibility index (Phi) is 4.30. The van der Waals surface area contributed by atoms with Gasteiger partial charge in [-0.1, -0.05) is 13.8 Å². The monoisotopic (exact) mass is 269 g/mol. The summed E-state index contributed by atoms with van der Waals surface area (Å²) in [4.78, 5) is 3.35. The molecule has 0 atom stereocenters. The highest BCUT2D eigenvalue weighted by Gasteiger charge is 2.42. The molecule has 2 nitrogen and oxygen atoms in total. The molecular weight excluding hydrogens is 249 g/mol. The van der Waals surface area contributed by atoms with E-state index in [0.29, 0.717) is 5.92 Å². The van der Waals surface area contributed by atoms with Crippen LogP contribution in [0.15, 0.2) is 29.2 Å². The molecular formula is C14H20FNOS. The number of thioether (sulfide) groups is 1. The maximum Gasteiger partial charge on any atom is 0.123 e. The maximum absolute atomic E-state index is 12.7. The zero-order valence-corrected chi connectivity index (χ0v) is 11.7. The minimum atomic E-state index is -0.486. The van der Waals surface area contributed by atoms with Gasteiger partial charge in [0.1, 0.15) is 5.82 Å². The van der Waals surface area contributed by atoms with E-state index in [1.807, 2.05) is 0 Å². The molecule has 0 spiro atoms. The summed E-state index contributed by atoms with van der Waals surface area (Å²) in [5.74, 6) is 1.10. The molecule has 1 aliphatic rings. The van der Waals surface area contributed by atoms with Crippen LogP contribution in [-0.2, 0) is 0 Å². The first-order valence-corrected chi connectivity index (χ1v) is 7.31. The number of aliphatic hydroxyl groups is 1. The summed E-state index contributed by atoms with van der Waals surface area (Å²) in [6, 6.07) is 6.59. The van der Waals surface area contributed by atoms with Crippen LogP contribution in [0.25, 0.3) is 0 Å². The molecule has 0 aliphatic carbocycles. The van der Waals surface area contributed by atoms with Gasteiger partial charge in [-0.05, 0) is 30.2 Å². The molecule has 0 bridgehead atoms. The van der Waals surface area contributed by atoms with E-state index in [9.17, 15) is 9.50 Å². The summed E-state index contributed by atoms with van der Waals surface area (Å²) < 4.78 is 12.7. The molecule has 1 saturated heterocycles. The van der Waals surface area contributed by atoms with Crippen LogP contribution >= 0.6 is 11.8 Å². The Labute approximate surface area is 112 Å². The third-order valence-corrected chi connectivity index (χ3v) is 4.55. The first-order valence-electron chi connectivity index (χ1n) is 6.33. The van der Waals surface area contributed by atoms with Crippen LogP contribution in [-0.4, -0.2) is 41.0 Å². The lowest BCUT2D eigenvalue weighted by molar-refractivity contribution is -0.125. The second-order valence-electron chi connectivity index (χ2n) is 5.27. The van der Waals surface area contributed by atoms with Gasteiger partial charge in [0, 0.05) is 30.3 Å². The van der Waals surface area contributed by atoms with Gasteiger partial charge < -0.3 is 5.11 Å². The molecule has 0 aromatic heterocycles. The average Bonchev–Trinajstić information content (AvgIpc) is 2.29. The molecule has 0 radical (unpaired) electrons. The molecule has 2 rings (SSSR count). The lowest BCUT2D eigenvalue weighted by Crippen LogP contribution is -2.64. The summed E-state index contributed by atoms with van der Waals surface area (Å²) in [6.45, 7) is 6.63. The van der Waals surface area contributed by atoms with Crippen molar-refractivity contribution in [3.63, 3.8) is 0 Å². The van der Waals surface area contributed by atoms with Crippen molar-refractivity contribution in [2.45, 2.75) is 24.3 Å². The van der Waals surface area contributed by atoms with Crippen molar-refractivity contribution >= 4 is 11.8 Å². The molecule has 4 heteroatoms. The fourth-order valence-corrected chi connectivity index (χ4v) is 2.99. The van der Waals surface area contributed by atoms with Crippen LogP contribution in [0.4, 0.5) is 4.39 Å². The zero-order valence-electron chi connectivity index (χ0n) is 10.9. The molecule has 100 valence electrons. The SMILES string of the molecule is CC(C)C1(O)CN(CCSc2ccc(F)cc2)C1. The van der Waals surface area contributed by atoms with Crippen molar-refractivity contribution in [1.82, 2.24) is 4.90 Å². The van der Waals surface area contributed by atoms with Crippen LogP contribution in [0.2, 0.25) is 0 Å². The van der Waals surface area contributed by atoms with E-state index in [-0.39, 0.29) is 5.82 Å². The predicted octanol–water partition coefficient (Wildman–Crippen LogP) is 2.62. The number of rotatable bonds is 5. The Morgan fingerprint density at radius 2 is 1.94 bits per heavy atom. The lowest BCUT2D eigenvalue weighted by atomic mass is 9.83. The highest BCUT2D eigenvalue weighted by molar-refractivity contribution is 7.99. The number of β-amino-alcohol motifs (C(OH)–C–C–N with tert-alkyl or cyclic N) is 1. The third-order valence-electron chi connectivity index (χ3n) is 3.56. The van der Waals surface area contributed by atoms with Gasteiger partial charge in [0.25, 0.3) is 0 Å². The molecule has 0 saturated carbocycles. The summed E-state index contributed by atoms with van der Waals surface area (Å²) in [7, 11) is 0. The first-order chi connectivity index (χ1) is 8.49. The van der Waals surface area contributed by atoms with Gasteiger partial charge in [-0.25, -0.2) is 4.39 Å². The second-order valence-corrected chi connectivity index (χ2v) is 6.44. The predicted molar refractivity (Wildman–Crippen MR) is 73.4 cm³/mol. The number of hydrogen-bond donors (Lipinski definition) is 1. The number of halogens is 1. The standard InChI is InChI=1S/C14H20FNOS/c1-11(2)14(17)9-16(10-14)7-8-18-13-5-3-12(15)4-6-13/h3-6,11,17H,7-10H2,1-2H3. The Balaban J connectivity index is 1.67. The molecule has 1 N–H and O–H groups in total. The largest absolute Gasteiger partial charge is 0.387 e. The second kappa shape index (κ2) is 5.59. The Bertz CT molecular complexity index is 387. The molecule has 1 fully saturated rings. The number of benzene rings is 1. The molecule has 1 heterocycles. The average molecular weight is 269 g/mol. The summed E-state index contributed by atoms with van der Waals surface area (Å²) in [5, 5.41) is 10.1. The van der Waals surface area contributed by atoms with Crippen molar-refractivity contribution in [1.29, 1.82) is 0 Å². The number of hydrogen-bond acceptors (Lipinski definition) is 3. The topological polar surface area (TPSA) is 23.5 Å². The van der Waals surface area contributed by atoms with Gasteiger partial charge in [0.15, 0.2) is 0 Å². The summed E-state index contributed by atoms with van der Waals surface area (Å²) >= 11 is 1.73. The summed E-state index contributed by atoms with van der Waals surface area (Å²) in [6.07, 6.45) is 0. The van der Waals surface area contributed by atoms with Crippen LogP contribution in [0.3, 0.4) is 0 Å². The van der Waals surface area contributed by atoms with E-state index in [1.165, 1.54) is 12.1 Å². The molecule has 1 aliphatic heterocycles. The van der Waals surface area contributed by atoms with Crippen molar-refractivity contribution in [2.24, 2.45) is 5.92 Å². The Hall–Kier alpha value is -0.580. The lowest BCUT2D eigenvalue weighted by Gasteiger charge is -2.49. The van der Waals surface area contributed by atoms with Crippen molar-refractivity contribution < 1.29 is 9.50 Å². The highest BCUT2D eigenvalue weighted by atomic mass is 32.2. The van der Waals surface area contributed by atoms with E-state index >= 15 is 0 Å². The molecule has 18 heavy (non-hydrogen) atoms. The van der Waals surface area contributed by atoms with Crippen LogP contribution in [0.1, 0.15) is 13.8 Å². The van der Waals surface area contributed by atoms with E-state index in [0.717, 1.165) is 30.3 Å². The van der Waals surface area contributed by atoms with Gasteiger partial charge in [-0.3, -0.25) is 4.90 Å². The Morgan fingerprint density at radius 1 is 1.33 bits per heavy atom. The van der Waals surface area contributed by atoms with Crippen LogP contribution in [0, 0.1) is 11.7 Å².